The van der Waals surface area contributed by atoms with Crippen LogP contribution in [0.25, 0.3) is 11.0 Å². The molecule has 5 atom stereocenters. The first kappa shape index (κ1) is 36.4. The standard InChI is InChI=1S/C37H40F2N6O7S/c1-21-34(42-30-17-25(39)13-16-28(30)40-21)52-26-18-31-33(47)43-37(36(49)44-53(50,51)27-14-15-27)19-23(37)7-5-3-2-4-6-8-29(35(48)45(31)20-26)41-32(46)22-9-11-24(38)12-10-22/h5,7,9-13,16-17,23,26-27,29,31H,2-4,6,8,14-15,18-20H2,1H3,(H,41,46)(H,43,47)(H,44,49)/b7-5-/t23-,26-,29+,31+,37-/m1/s1. The van der Waals surface area contributed by atoms with E-state index in [2.05, 4.69) is 25.3 Å². The zero-order chi connectivity index (χ0) is 37.5. The van der Waals surface area contributed by atoms with E-state index in [4.69, 9.17) is 4.74 Å². The van der Waals surface area contributed by atoms with E-state index in [0.717, 1.165) is 18.6 Å². The number of rotatable bonds is 7. The second-order valence-electron chi connectivity index (χ2n) is 14.3. The number of hydrogen-bond acceptors (Lipinski definition) is 9. The number of allylic oxidation sites excluding steroid dienone is 1. The highest BCUT2D eigenvalue weighted by Crippen LogP contribution is 2.46. The van der Waals surface area contributed by atoms with Gasteiger partial charge in [-0.25, -0.2) is 27.2 Å². The van der Waals surface area contributed by atoms with Crippen LogP contribution < -0.4 is 20.1 Å². The number of sulfonamides is 1. The largest absolute Gasteiger partial charge is 0.471 e. The smallest absolute Gasteiger partial charge is 0.259 e. The number of carbonyl (C=O) groups excluding carboxylic acids is 4. The Morgan fingerprint density at radius 2 is 1.74 bits per heavy atom. The maximum atomic E-state index is 14.5. The van der Waals surface area contributed by atoms with E-state index in [0.29, 0.717) is 43.3 Å². The number of nitrogens with zero attached hydrogens (tertiary/aromatic N) is 3. The van der Waals surface area contributed by atoms with Crippen LogP contribution >= 0.6 is 0 Å². The summed E-state index contributed by atoms with van der Waals surface area (Å²) in [4.78, 5) is 65.9. The summed E-state index contributed by atoms with van der Waals surface area (Å²) in [5, 5.41) is 4.94. The van der Waals surface area contributed by atoms with Crippen LogP contribution in [0.2, 0.25) is 0 Å². The van der Waals surface area contributed by atoms with Crippen molar-refractivity contribution < 1.29 is 41.1 Å². The predicted octanol–water partition coefficient (Wildman–Crippen LogP) is 3.37. The molecule has 1 saturated heterocycles. The molecule has 3 fully saturated rings. The lowest BCUT2D eigenvalue weighted by atomic mass is 10.0. The Hall–Kier alpha value is -4.99. The van der Waals surface area contributed by atoms with Crippen LogP contribution in [-0.2, 0) is 24.4 Å². The van der Waals surface area contributed by atoms with Crippen molar-refractivity contribution in [3.05, 3.63) is 77.5 Å². The van der Waals surface area contributed by atoms with E-state index >= 15 is 0 Å². The molecule has 0 radical (unpaired) electrons. The molecule has 53 heavy (non-hydrogen) atoms. The first-order chi connectivity index (χ1) is 25.3. The van der Waals surface area contributed by atoms with Crippen molar-refractivity contribution in [3.63, 3.8) is 0 Å². The fourth-order valence-electron chi connectivity index (χ4n) is 7.06. The van der Waals surface area contributed by atoms with Crippen molar-refractivity contribution in [2.45, 2.75) is 93.7 Å². The minimum atomic E-state index is -3.92. The van der Waals surface area contributed by atoms with Crippen molar-refractivity contribution in [3.8, 4) is 5.88 Å². The third-order valence-electron chi connectivity index (χ3n) is 10.3. The van der Waals surface area contributed by atoms with Gasteiger partial charge in [-0.2, -0.15) is 0 Å². The van der Waals surface area contributed by atoms with E-state index in [-0.39, 0.29) is 42.8 Å². The van der Waals surface area contributed by atoms with Gasteiger partial charge >= 0.3 is 0 Å². The fourth-order valence-corrected chi connectivity index (χ4v) is 8.42. The second kappa shape index (κ2) is 14.4. The monoisotopic (exact) mass is 750 g/mol. The lowest BCUT2D eigenvalue weighted by Crippen LogP contribution is -2.58. The molecular weight excluding hydrogens is 711 g/mol. The number of nitrogens with one attached hydrogen (secondary N) is 3. The zero-order valence-electron chi connectivity index (χ0n) is 29.0. The minimum absolute atomic E-state index is 0.0446. The topological polar surface area (TPSA) is 177 Å². The van der Waals surface area contributed by atoms with Crippen molar-refractivity contribution in [1.82, 2.24) is 30.2 Å². The van der Waals surface area contributed by atoms with Crippen LogP contribution in [0, 0.1) is 24.5 Å². The third-order valence-corrected chi connectivity index (χ3v) is 12.1. The van der Waals surface area contributed by atoms with Gasteiger partial charge < -0.3 is 20.3 Å². The maximum absolute atomic E-state index is 14.5. The number of hydrogen-bond donors (Lipinski definition) is 3. The van der Waals surface area contributed by atoms with E-state index in [1.807, 2.05) is 12.2 Å². The van der Waals surface area contributed by atoms with Gasteiger partial charge in [0.15, 0.2) is 0 Å². The first-order valence-electron chi connectivity index (χ1n) is 17.9. The van der Waals surface area contributed by atoms with Gasteiger partial charge in [-0.15, -0.1) is 0 Å². The number of aromatic nitrogens is 2. The molecule has 4 aliphatic rings. The number of aryl methyl sites for hydroxylation is 1. The Morgan fingerprint density at radius 3 is 2.49 bits per heavy atom. The van der Waals surface area contributed by atoms with Crippen LogP contribution in [0.1, 0.15) is 73.8 Å². The lowest BCUT2D eigenvalue weighted by molar-refractivity contribution is -0.141. The minimum Gasteiger partial charge on any atom is -0.471 e. The molecule has 0 unspecified atom stereocenters. The molecule has 2 aromatic carbocycles. The summed E-state index contributed by atoms with van der Waals surface area (Å²) in [6, 6.07) is 6.62. The maximum Gasteiger partial charge on any atom is 0.259 e. The van der Waals surface area contributed by atoms with Crippen LogP contribution in [0.5, 0.6) is 5.88 Å². The Morgan fingerprint density at radius 1 is 0.981 bits per heavy atom. The molecule has 280 valence electrons. The molecule has 3 heterocycles. The third kappa shape index (κ3) is 7.87. The Bertz CT molecular complexity index is 2090. The van der Waals surface area contributed by atoms with Gasteiger partial charge in [0, 0.05) is 24.0 Å². The molecule has 4 amide bonds. The highest BCUT2D eigenvalue weighted by atomic mass is 32.2. The van der Waals surface area contributed by atoms with Crippen molar-refractivity contribution in [1.29, 1.82) is 0 Å². The van der Waals surface area contributed by atoms with E-state index in [1.54, 1.807) is 6.92 Å². The molecule has 2 aliphatic carbocycles. The summed E-state index contributed by atoms with van der Waals surface area (Å²) in [5.74, 6) is -4.12. The number of fused-ring (bicyclic) bond motifs is 3. The summed E-state index contributed by atoms with van der Waals surface area (Å²) >= 11 is 0. The van der Waals surface area contributed by atoms with Crippen LogP contribution in [0.3, 0.4) is 0 Å². The van der Waals surface area contributed by atoms with Crippen LogP contribution in [0.4, 0.5) is 8.78 Å². The van der Waals surface area contributed by atoms with Gasteiger partial charge in [0.05, 0.1) is 22.8 Å². The van der Waals surface area contributed by atoms with Crippen molar-refractivity contribution >= 4 is 44.7 Å². The molecule has 16 heteroatoms. The molecule has 2 aliphatic heterocycles. The Labute approximate surface area is 305 Å². The highest BCUT2D eigenvalue weighted by molar-refractivity contribution is 7.91. The molecule has 0 spiro atoms. The molecule has 1 aromatic heterocycles. The second-order valence-corrected chi connectivity index (χ2v) is 16.2. The summed E-state index contributed by atoms with van der Waals surface area (Å²) in [7, 11) is -3.92. The van der Waals surface area contributed by atoms with E-state index in [9.17, 15) is 36.4 Å². The normalized spacial score (nSPS) is 27.0. The molecule has 2 saturated carbocycles. The SMILES string of the molecule is Cc1nc2ccc(F)cc2nc1O[C@@H]1C[C@H]2C(=O)N[C@]3(C(=O)NS(=O)(=O)C4CC4)C[C@H]3/C=C\CCCCC[C@H](NC(=O)c3ccc(F)cc3)C(=O)N2C1. The number of benzene rings is 2. The highest BCUT2D eigenvalue weighted by Gasteiger charge is 2.62. The van der Waals surface area contributed by atoms with Crippen LogP contribution in [0.15, 0.2) is 54.6 Å². The predicted molar refractivity (Wildman–Crippen MR) is 188 cm³/mol. The first-order valence-corrected chi connectivity index (χ1v) is 19.4. The van der Waals surface area contributed by atoms with Gasteiger partial charge in [0.2, 0.25) is 27.7 Å². The van der Waals surface area contributed by atoms with Gasteiger partial charge in [-0.3, -0.25) is 23.9 Å². The van der Waals surface area contributed by atoms with Gasteiger partial charge in [0.25, 0.3) is 11.8 Å². The average Bonchev–Trinajstić information content (AvgIpc) is 4.04. The number of halogens is 2. The Kier molecular flexibility index (Phi) is 9.91. The lowest BCUT2D eigenvalue weighted by Gasteiger charge is -2.30. The molecule has 7 rings (SSSR count). The summed E-state index contributed by atoms with van der Waals surface area (Å²) in [6.07, 6.45) is 6.86. The van der Waals surface area contributed by atoms with Gasteiger partial charge in [-0.05, 0) is 81.8 Å². The molecule has 3 N–H and O–H groups in total. The molecule has 0 bridgehead atoms. The van der Waals surface area contributed by atoms with Crippen molar-refractivity contribution in [2.75, 3.05) is 6.54 Å². The molecular formula is C37H40F2N6O7S. The molecule has 13 nitrogen and oxygen atoms in total. The number of carbonyl (C=O) groups is 4. The van der Waals surface area contributed by atoms with E-state index < -0.39 is 80.2 Å². The summed E-state index contributed by atoms with van der Waals surface area (Å²) in [5.41, 5.74) is -0.311. The van der Waals surface area contributed by atoms with E-state index in [1.165, 1.54) is 35.2 Å². The summed E-state index contributed by atoms with van der Waals surface area (Å²) < 4.78 is 61.6. The van der Waals surface area contributed by atoms with Crippen LogP contribution in [-0.4, -0.2) is 82.4 Å². The van der Waals surface area contributed by atoms with Gasteiger partial charge in [-0.1, -0.05) is 25.0 Å². The summed E-state index contributed by atoms with van der Waals surface area (Å²) in [6.45, 7) is 1.55. The molecule has 3 aromatic rings. The number of ether oxygens (including phenoxy) is 1. The quantitative estimate of drug-likeness (QED) is 0.306. The Balaban J connectivity index is 1.19. The average molecular weight is 751 g/mol. The van der Waals surface area contributed by atoms with Gasteiger partial charge in [0.1, 0.15) is 41.1 Å². The number of amides is 4. The fraction of sp³-hybridized carbons (Fsp3) is 0.459. The zero-order valence-corrected chi connectivity index (χ0v) is 29.8. The van der Waals surface area contributed by atoms with Crippen molar-refractivity contribution in [2.24, 2.45) is 5.92 Å².